The second kappa shape index (κ2) is 2.82. The molecular weight excluding hydrogens is 154 g/mol. The van der Waals surface area contributed by atoms with Crippen LogP contribution in [0, 0.1) is 0 Å². The van der Waals surface area contributed by atoms with Crippen molar-refractivity contribution in [2.45, 2.75) is 31.8 Å². The Kier molecular flexibility index (Phi) is 1.80. The second-order valence-corrected chi connectivity index (χ2v) is 3.38. The highest BCUT2D eigenvalue weighted by atomic mass is 15.5. The largest absolute Gasteiger partial charge is 0.294 e. The third-order valence-electron chi connectivity index (χ3n) is 2.70. The van der Waals surface area contributed by atoms with E-state index in [9.17, 15) is 0 Å². The Balaban J connectivity index is 2.16. The van der Waals surface area contributed by atoms with Gasteiger partial charge in [0.25, 0.3) is 0 Å². The van der Waals surface area contributed by atoms with Gasteiger partial charge in [-0.3, -0.25) is 4.90 Å². The zero-order valence-corrected chi connectivity index (χ0v) is 7.36. The summed E-state index contributed by atoms with van der Waals surface area (Å²) in [4.78, 5) is 2.30. The molecule has 1 aromatic heterocycles. The van der Waals surface area contributed by atoms with Gasteiger partial charge in [-0.2, -0.15) is 5.21 Å². The van der Waals surface area contributed by atoms with Crippen LogP contribution in [0.25, 0.3) is 0 Å². The van der Waals surface area contributed by atoms with Crippen molar-refractivity contribution in [2.75, 3.05) is 7.05 Å². The molecule has 0 spiro atoms. The lowest BCUT2D eigenvalue weighted by Crippen LogP contribution is -2.25. The number of H-pyrrole nitrogens is 1. The van der Waals surface area contributed by atoms with Crippen LogP contribution in [-0.2, 0) is 0 Å². The summed E-state index contributed by atoms with van der Waals surface area (Å²) in [6.07, 6.45) is 2.35. The molecule has 2 atom stereocenters. The van der Waals surface area contributed by atoms with E-state index in [2.05, 4.69) is 39.5 Å². The van der Waals surface area contributed by atoms with Crippen molar-refractivity contribution in [3.05, 3.63) is 5.82 Å². The molecule has 0 bridgehead atoms. The molecule has 5 nitrogen and oxygen atoms in total. The van der Waals surface area contributed by atoms with Crippen molar-refractivity contribution < 1.29 is 0 Å². The topological polar surface area (TPSA) is 57.7 Å². The SMILES string of the molecule is C[C@@H]1CC[C@H](c2nn[nH]n2)N1C. The molecule has 0 aromatic carbocycles. The molecule has 5 heteroatoms. The van der Waals surface area contributed by atoms with Crippen LogP contribution in [0.5, 0.6) is 0 Å². The smallest absolute Gasteiger partial charge is 0.191 e. The minimum absolute atomic E-state index is 0.360. The number of nitrogens with one attached hydrogen (secondary N) is 1. The van der Waals surface area contributed by atoms with Gasteiger partial charge in [-0.15, -0.1) is 10.2 Å². The van der Waals surface area contributed by atoms with Gasteiger partial charge in [-0.1, -0.05) is 5.21 Å². The quantitative estimate of drug-likeness (QED) is 0.656. The average molecular weight is 167 g/mol. The summed E-state index contributed by atoms with van der Waals surface area (Å²) in [5.74, 6) is 0.821. The molecule has 1 N–H and O–H groups in total. The van der Waals surface area contributed by atoms with Crippen LogP contribution in [0.3, 0.4) is 0 Å². The predicted molar refractivity (Wildman–Crippen MR) is 43.4 cm³/mol. The molecule has 1 aromatic rings. The van der Waals surface area contributed by atoms with Gasteiger partial charge in [0.15, 0.2) is 5.82 Å². The van der Waals surface area contributed by atoms with Crippen molar-refractivity contribution in [1.82, 2.24) is 25.5 Å². The van der Waals surface area contributed by atoms with E-state index in [0.29, 0.717) is 12.1 Å². The molecule has 0 radical (unpaired) electrons. The first-order valence-electron chi connectivity index (χ1n) is 4.24. The molecule has 12 heavy (non-hydrogen) atoms. The maximum Gasteiger partial charge on any atom is 0.191 e. The summed E-state index contributed by atoms with van der Waals surface area (Å²) >= 11 is 0. The van der Waals surface area contributed by atoms with Gasteiger partial charge in [0.1, 0.15) is 0 Å². The lowest BCUT2D eigenvalue weighted by molar-refractivity contribution is 0.248. The summed E-state index contributed by atoms with van der Waals surface area (Å²) in [7, 11) is 2.11. The Hall–Kier alpha value is -0.970. The minimum atomic E-state index is 0.360. The molecule has 0 saturated carbocycles. The van der Waals surface area contributed by atoms with E-state index in [-0.39, 0.29) is 0 Å². The maximum atomic E-state index is 3.99. The van der Waals surface area contributed by atoms with Gasteiger partial charge in [0, 0.05) is 6.04 Å². The standard InChI is InChI=1S/C7H13N5/c1-5-3-4-6(12(5)2)7-8-10-11-9-7/h5-6H,3-4H2,1-2H3,(H,8,9,10,11)/t5-,6-/m1/s1. The Morgan fingerprint density at radius 2 is 2.33 bits per heavy atom. The molecule has 1 aliphatic rings. The van der Waals surface area contributed by atoms with Gasteiger partial charge < -0.3 is 0 Å². The zero-order valence-electron chi connectivity index (χ0n) is 7.36. The minimum Gasteiger partial charge on any atom is -0.294 e. The summed E-state index contributed by atoms with van der Waals surface area (Å²) in [6, 6.07) is 0.993. The molecule has 0 unspecified atom stereocenters. The summed E-state index contributed by atoms with van der Waals surface area (Å²) in [5.41, 5.74) is 0. The monoisotopic (exact) mass is 167 g/mol. The number of rotatable bonds is 1. The van der Waals surface area contributed by atoms with Crippen LogP contribution in [0.4, 0.5) is 0 Å². The van der Waals surface area contributed by atoms with Crippen molar-refractivity contribution in [2.24, 2.45) is 0 Å². The number of aromatic amines is 1. The van der Waals surface area contributed by atoms with Crippen LogP contribution >= 0.6 is 0 Å². The van der Waals surface area contributed by atoms with Gasteiger partial charge in [0.05, 0.1) is 6.04 Å². The third kappa shape index (κ3) is 1.10. The number of hydrogen-bond acceptors (Lipinski definition) is 4. The van der Waals surface area contributed by atoms with Gasteiger partial charge in [-0.25, -0.2) is 0 Å². The van der Waals surface area contributed by atoms with Crippen molar-refractivity contribution >= 4 is 0 Å². The average Bonchev–Trinajstić information content (AvgIpc) is 2.64. The number of tetrazole rings is 1. The lowest BCUT2D eigenvalue weighted by atomic mass is 10.2. The van der Waals surface area contributed by atoms with E-state index >= 15 is 0 Å². The first-order chi connectivity index (χ1) is 5.79. The fraction of sp³-hybridized carbons (Fsp3) is 0.857. The van der Waals surface area contributed by atoms with Crippen LogP contribution in [0.1, 0.15) is 31.6 Å². The van der Waals surface area contributed by atoms with Crippen LogP contribution in [0.2, 0.25) is 0 Å². The Morgan fingerprint density at radius 3 is 2.83 bits per heavy atom. The van der Waals surface area contributed by atoms with E-state index in [0.717, 1.165) is 12.2 Å². The number of likely N-dealkylation sites (tertiary alicyclic amines) is 1. The van der Waals surface area contributed by atoms with Crippen LogP contribution < -0.4 is 0 Å². The Morgan fingerprint density at radius 1 is 1.50 bits per heavy atom. The van der Waals surface area contributed by atoms with Crippen LogP contribution in [-0.4, -0.2) is 38.6 Å². The van der Waals surface area contributed by atoms with Crippen molar-refractivity contribution in [3.8, 4) is 0 Å². The summed E-state index contributed by atoms with van der Waals surface area (Å²) in [6.45, 7) is 2.22. The predicted octanol–water partition coefficient (Wildman–Crippen LogP) is 0.355. The zero-order chi connectivity index (χ0) is 8.55. The van der Waals surface area contributed by atoms with Gasteiger partial charge in [0.2, 0.25) is 0 Å². The maximum absolute atomic E-state index is 3.99. The van der Waals surface area contributed by atoms with Crippen molar-refractivity contribution in [1.29, 1.82) is 0 Å². The van der Waals surface area contributed by atoms with E-state index in [1.807, 2.05) is 0 Å². The molecule has 2 heterocycles. The Bertz CT molecular complexity index is 244. The molecule has 1 fully saturated rings. The molecule has 2 rings (SSSR count). The molecule has 0 amide bonds. The highest BCUT2D eigenvalue weighted by Gasteiger charge is 2.30. The molecular formula is C7H13N5. The summed E-state index contributed by atoms with van der Waals surface area (Å²) in [5, 5.41) is 14.0. The molecule has 66 valence electrons. The van der Waals surface area contributed by atoms with Gasteiger partial charge >= 0.3 is 0 Å². The molecule has 0 aliphatic carbocycles. The second-order valence-electron chi connectivity index (χ2n) is 3.38. The first kappa shape index (κ1) is 7.67. The van der Waals surface area contributed by atoms with Crippen LogP contribution in [0.15, 0.2) is 0 Å². The highest BCUT2D eigenvalue weighted by Crippen LogP contribution is 2.31. The number of aromatic nitrogens is 4. The van der Waals surface area contributed by atoms with E-state index in [1.165, 1.54) is 6.42 Å². The fourth-order valence-corrected chi connectivity index (χ4v) is 1.74. The lowest BCUT2D eigenvalue weighted by Gasteiger charge is -2.19. The number of nitrogens with zero attached hydrogens (tertiary/aromatic N) is 4. The number of hydrogen-bond donors (Lipinski definition) is 1. The first-order valence-corrected chi connectivity index (χ1v) is 4.24. The van der Waals surface area contributed by atoms with Crippen molar-refractivity contribution in [3.63, 3.8) is 0 Å². The molecule has 1 aliphatic heterocycles. The Labute approximate surface area is 71.1 Å². The summed E-state index contributed by atoms with van der Waals surface area (Å²) < 4.78 is 0. The van der Waals surface area contributed by atoms with E-state index in [1.54, 1.807) is 0 Å². The van der Waals surface area contributed by atoms with E-state index in [4.69, 9.17) is 0 Å². The van der Waals surface area contributed by atoms with Gasteiger partial charge in [-0.05, 0) is 26.8 Å². The highest BCUT2D eigenvalue weighted by molar-refractivity contribution is 4.95. The van der Waals surface area contributed by atoms with E-state index < -0.39 is 0 Å². The third-order valence-corrected chi connectivity index (χ3v) is 2.70. The normalized spacial score (nSPS) is 31.2. The molecule has 1 saturated heterocycles. The fourth-order valence-electron chi connectivity index (χ4n) is 1.74.